The van der Waals surface area contributed by atoms with Crippen molar-refractivity contribution >= 4 is 11.8 Å². The van der Waals surface area contributed by atoms with E-state index in [1.165, 1.54) is 37.0 Å². The summed E-state index contributed by atoms with van der Waals surface area (Å²) in [7, 11) is 0. The summed E-state index contributed by atoms with van der Waals surface area (Å²) in [6.45, 7) is 4.60. The number of thioether (sulfide) groups is 1. The fourth-order valence-electron chi connectivity index (χ4n) is 1.65. The van der Waals surface area contributed by atoms with Crippen LogP contribution in [0.1, 0.15) is 46.0 Å². The van der Waals surface area contributed by atoms with Crippen molar-refractivity contribution in [3.8, 4) is 0 Å². The zero-order valence-corrected chi connectivity index (χ0v) is 10.7. The van der Waals surface area contributed by atoms with Gasteiger partial charge in [0.1, 0.15) is 0 Å². The van der Waals surface area contributed by atoms with Crippen LogP contribution in [0.4, 0.5) is 0 Å². The minimum atomic E-state index is 0.754. The molecule has 1 aromatic rings. The van der Waals surface area contributed by atoms with Crippen LogP contribution in [0.25, 0.3) is 0 Å². The zero-order valence-electron chi connectivity index (χ0n) is 9.91. The first kappa shape index (κ1) is 12.6. The Morgan fingerprint density at radius 1 is 1.07 bits per heavy atom. The van der Waals surface area contributed by atoms with Crippen LogP contribution in [0, 0.1) is 0 Å². The molecule has 0 aliphatic carbocycles. The van der Waals surface area contributed by atoms with Crippen LogP contribution in [-0.4, -0.2) is 5.25 Å². The van der Waals surface area contributed by atoms with Crippen molar-refractivity contribution in [2.24, 2.45) is 0 Å². The second-order valence-corrected chi connectivity index (χ2v) is 5.60. The molecule has 0 unspecified atom stereocenters. The SMILES string of the molecule is CCCCCC[C@@H](C)Sc1ccccc1. The summed E-state index contributed by atoms with van der Waals surface area (Å²) in [6, 6.07) is 10.7. The third-order valence-corrected chi connectivity index (χ3v) is 3.73. The Kier molecular flexibility index (Phi) is 6.58. The highest BCUT2D eigenvalue weighted by Gasteiger charge is 2.03. The lowest BCUT2D eigenvalue weighted by molar-refractivity contribution is 0.630. The van der Waals surface area contributed by atoms with E-state index in [-0.39, 0.29) is 0 Å². The molecular formula is C14H22S. The van der Waals surface area contributed by atoms with Crippen LogP contribution in [0.3, 0.4) is 0 Å². The first-order chi connectivity index (χ1) is 7.33. The molecule has 0 saturated carbocycles. The number of hydrogen-bond acceptors (Lipinski definition) is 1. The monoisotopic (exact) mass is 222 g/mol. The quantitative estimate of drug-likeness (QED) is 0.455. The van der Waals surface area contributed by atoms with Gasteiger partial charge in [0.15, 0.2) is 0 Å². The first-order valence-corrected chi connectivity index (χ1v) is 6.92. The summed E-state index contributed by atoms with van der Waals surface area (Å²) >= 11 is 2.00. The van der Waals surface area contributed by atoms with Crippen molar-refractivity contribution < 1.29 is 0 Å². The van der Waals surface area contributed by atoms with Gasteiger partial charge in [0, 0.05) is 10.1 Å². The van der Waals surface area contributed by atoms with Gasteiger partial charge < -0.3 is 0 Å². The number of rotatable bonds is 7. The molecule has 84 valence electrons. The van der Waals surface area contributed by atoms with Crippen LogP contribution < -0.4 is 0 Å². The summed E-state index contributed by atoms with van der Waals surface area (Å²) in [5.74, 6) is 0. The molecule has 0 fully saturated rings. The molecule has 0 aromatic heterocycles. The maximum absolute atomic E-state index is 2.34. The summed E-state index contributed by atoms with van der Waals surface area (Å²) in [5.41, 5.74) is 0. The smallest absolute Gasteiger partial charge is 0.00746 e. The van der Waals surface area contributed by atoms with Gasteiger partial charge in [-0.15, -0.1) is 11.8 Å². The molecule has 0 aliphatic heterocycles. The maximum atomic E-state index is 2.34. The van der Waals surface area contributed by atoms with Gasteiger partial charge in [-0.1, -0.05) is 57.7 Å². The van der Waals surface area contributed by atoms with Crippen molar-refractivity contribution in [2.45, 2.75) is 56.1 Å². The topological polar surface area (TPSA) is 0 Å². The molecule has 1 rings (SSSR count). The van der Waals surface area contributed by atoms with E-state index in [1.54, 1.807) is 0 Å². The second kappa shape index (κ2) is 7.81. The predicted octanol–water partition coefficient (Wildman–Crippen LogP) is 5.14. The fourth-order valence-corrected chi connectivity index (χ4v) is 2.71. The lowest BCUT2D eigenvalue weighted by Gasteiger charge is -2.10. The zero-order chi connectivity index (χ0) is 10.9. The van der Waals surface area contributed by atoms with E-state index >= 15 is 0 Å². The van der Waals surface area contributed by atoms with E-state index in [0.717, 1.165) is 5.25 Å². The van der Waals surface area contributed by atoms with Gasteiger partial charge in [0.2, 0.25) is 0 Å². The van der Waals surface area contributed by atoms with Gasteiger partial charge in [0.05, 0.1) is 0 Å². The molecule has 0 radical (unpaired) electrons. The highest BCUT2D eigenvalue weighted by atomic mass is 32.2. The Morgan fingerprint density at radius 3 is 2.47 bits per heavy atom. The Hall–Kier alpha value is -0.430. The molecular weight excluding hydrogens is 200 g/mol. The standard InChI is InChI=1S/C14H22S/c1-3-4-5-7-10-13(2)15-14-11-8-6-9-12-14/h6,8-9,11-13H,3-5,7,10H2,1-2H3/t13-/m1/s1. The van der Waals surface area contributed by atoms with Crippen LogP contribution in [0.15, 0.2) is 35.2 Å². The third-order valence-electron chi connectivity index (χ3n) is 2.54. The van der Waals surface area contributed by atoms with Crippen LogP contribution in [-0.2, 0) is 0 Å². The first-order valence-electron chi connectivity index (χ1n) is 6.04. The molecule has 0 saturated heterocycles. The van der Waals surface area contributed by atoms with Crippen molar-refractivity contribution in [3.05, 3.63) is 30.3 Å². The summed E-state index contributed by atoms with van der Waals surface area (Å²) in [4.78, 5) is 1.40. The lowest BCUT2D eigenvalue weighted by Crippen LogP contribution is -1.95. The molecule has 0 aliphatic rings. The average molecular weight is 222 g/mol. The molecule has 0 nitrogen and oxygen atoms in total. The minimum absolute atomic E-state index is 0.754. The van der Waals surface area contributed by atoms with Crippen LogP contribution >= 0.6 is 11.8 Å². The minimum Gasteiger partial charge on any atom is -0.123 e. The van der Waals surface area contributed by atoms with Gasteiger partial charge >= 0.3 is 0 Å². The van der Waals surface area contributed by atoms with Gasteiger partial charge in [0.25, 0.3) is 0 Å². The molecule has 0 spiro atoms. The fraction of sp³-hybridized carbons (Fsp3) is 0.571. The molecule has 1 atom stereocenters. The summed E-state index contributed by atoms with van der Waals surface area (Å²) < 4.78 is 0. The van der Waals surface area contributed by atoms with Gasteiger partial charge in [-0.25, -0.2) is 0 Å². The van der Waals surface area contributed by atoms with E-state index in [2.05, 4.69) is 44.2 Å². The number of hydrogen-bond donors (Lipinski definition) is 0. The predicted molar refractivity (Wildman–Crippen MR) is 70.5 cm³/mol. The largest absolute Gasteiger partial charge is 0.123 e. The second-order valence-electron chi connectivity index (χ2n) is 4.09. The van der Waals surface area contributed by atoms with Crippen molar-refractivity contribution in [2.75, 3.05) is 0 Å². The van der Waals surface area contributed by atoms with Gasteiger partial charge in [-0.2, -0.15) is 0 Å². The third kappa shape index (κ3) is 5.88. The van der Waals surface area contributed by atoms with Crippen molar-refractivity contribution in [3.63, 3.8) is 0 Å². The van der Waals surface area contributed by atoms with Gasteiger partial charge in [-0.3, -0.25) is 0 Å². The summed E-state index contributed by atoms with van der Waals surface area (Å²) in [6.07, 6.45) is 6.85. The van der Waals surface area contributed by atoms with Crippen LogP contribution in [0.5, 0.6) is 0 Å². The molecule has 0 bridgehead atoms. The highest BCUT2D eigenvalue weighted by molar-refractivity contribution is 7.99. The van der Waals surface area contributed by atoms with E-state index < -0.39 is 0 Å². The molecule has 0 N–H and O–H groups in total. The number of unbranched alkanes of at least 4 members (excludes halogenated alkanes) is 3. The molecule has 1 heteroatoms. The Bertz CT molecular complexity index is 243. The molecule has 1 aromatic carbocycles. The van der Waals surface area contributed by atoms with Gasteiger partial charge in [-0.05, 0) is 18.6 Å². The normalized spacial score (nSPS) is 12.7. The lowest BCUT2D eigenvalue weighted by atomic mass is 10.1. The molecule has 0 heterocycles. The Balaban J connectivity index is 2.16. The Morgan fingerprint density at radius 2 is 1.80 bits per heavy atom. The van der Waals surface area contributed by atoms with Crippen molar-refractivity contribution in [1.82, 2.24) is 0 Å². The van der Waals surface area contributed by atoms with Crippen LogP contribution in [0.2, 0.25) is 0 Å². The van der Waals surface area contributed by atoms with E-state index in [0.29, 0.717) is 0 Å². The highest BCUT2D eigenvalue weighted by Crippen LogP contribution is 2.26. The average Bonchev–Trinajstić information content (AvgIpc) is 2.26. The summed E-state index contributed by atoms with van der Waals surface area (Å²) in [5, 5.41) is 0.754. The van der Waals surface area contributed by atoms with Crippen molar-refractivity contribution in [1.29, 1.82) is 0 Å². The molecule has 15 heavy (non-hydrogen) atoms. The van der Waals surface area contributed by atoms with E-state index in [4.69, 9.17) is 0 Å². The molecule has 0 amide bonds. The van der Waals surface area contributed by atoms with E-state index in [1.807, 2.05) is 11.8 Å². The number of benzene rings is 1. The maximum Gasteiger partial charge on any atom is 0.00746 e. The Labute approximate surface area is 98.5 Å². The van der Waals surface area contributed by atoms with E-state index in [9.17, 15) is 0 Å².